The molecule has 2 aliphatic heterocycles. The number of halogens is 1. The van der Waals surface area contributed by atoms with E-state index in [1.54, 1.807) is 49.3 Å². The average molecular weight is 423 g/mol. The number of rotatable bonds is 4. The van der Waals surface area contributed by atoms with Gasteiger partial charge in [0.2, 0.25) is 0 Å². The van der Waals surface area contributed by atoms with E-state index in [-0.39, 0.29) is 5.82 Å². The van der Waals surface area contributed by atoms with Crippen LogP contribution >= 0.6 is 0 Å². The van der Waals surface area contributed by atoms with Crippen molar-refractivity contribution < 1.29 is 18.7 Å². The van der Waals surface area contributed by atoms with Crippen molar-refractivity contribution in [2.75, 3.05) is 44.0 Å². The normalized spacial score (nSPS) is 17.7. The van der Waals surface area contributed by atoms with Crippen molar-refractivity contribution in [1.82, 2.24) is 14.9 Å². The Kier molecular flexibility index (Phi) is 4.44. The van der Waals surface area contributed by atoms with Gasteiger partial charge in [-0.1, -0.05) is 12.1 Å². The number of fused-ring (bicyclic) bond motifs is 1. The number of benzene rings is 2. The molecular formula is C22H22FN5O3. The molecule has 1 spiro atoms. The van der Waals surface area contributed by atoms with Gasteiger partial charge in [-0.05, 0) is 31.7 Å². The van der Waals surface area contributed by atoms with Gasteiger partial charge in [0, 0.05) is 24.5 Å². The number of nitrogens with one attached hydrogen (secondary N) is 1. The summed E-state index contributed by atoms with van der Waals surface area (Å²) in [7, 11) is 3.53. The Hall–Kier alpha value is -3.46. The van der Waals surface area contributed by atoms with Gasteiger partial charge in [0.25, 0.3) is 0 Å². The van der Waals surface area contributed by atoms with Crippen molar-refractivity contribution in [3.05, 3.63) is 48.0 Å². The minimum absolute atomic E-state index is 0.314. The van der Waals surface area contributed by atoms with Gasteiger partial charge in [-0.3, -0.25) is 9.80 Å². The lowest BCUT2D eigenvalue weighted by Crippen LogP contribution is -2.62. The van der Waals surface area contributed by atoms with Crippen LogP contribution in [0.15, 0.2) is 36.7 Å². The third kappa shape index (κ3) is 3.21. The van der Waals surface area contributed by atoms with Crippen molar-refractivity contribution in [3.8, 4) is 5.75 Å². The summed E-state index contributed by atoms with van der Waals surface area (Å²) in [6, 6.07) is 8.65. The number of likely N-dealkylation sites (N-methyl/N-ethyl adjacent to an activating group) is 1. The van der Waals surface area contributed by atoms with E-state index in [2.05, 4.69) is 20.2 Å². The molecule has 160 valence electrons. The van der Waals surface area contributed by atoms with E-state index < -0.39 is 11.7 Å². The molecule has 1 aromatic heterocycles. The summed E-state index contributed by atoms with van der Waals surface area (Å²) in [5, 5.41) is 3.70. The number of carbonyl (C=O) groups excluding carboxylic acids is 1. The minimum Gasteiger partial charge on any atom is -0.494 e. The number of amides is 1. The predicted molar refractivity (Wildman–Crippen MR) is 115 cm³/mol. The molecule has 3 heterocycles. The van der Waals surface area contributed by atoms with Crippen LogP contribution in [0.5, 0.6) is 5.75 Å². The van der Waals surface area contributed by atoms with E-state index in [0.717, 1.165) is 0 Å². The summed E-state index contributed by atoms with van der Waals surface area (Å²) in [5.41, 5.74) is 1.52. The molecular weight excluding hydrogens is 401 g/mol. The van der Waals surface area contributed by atoms with Gasteiger partial charge in [0.15, 0.2) is 5.60 Å². The zero-order chi connectivity index (χ0) is 21.8. The van der Waals surface area contributed by atoms with Crippen LogP contribution < -0.4 is 15.0 Å². The molecule has 0 unspecified atom stereocenters. The fourth-order valence-corrected chi connectivity index (χ4v) is 4.33. The number of hydrogen-bond donors (Lipinski definition) is 1. The maximum atomic E-state index is 14.5. The number of carbonyl (C=O) groups is 1. The average Bonchev–Trinajstić information content (AvgIpc) is 3.07. The first-order chi connectivity index (χ1) is 14.9. The Morgan fingerprint density at radius 3 is 2.77 bits per heavy atom. The molecule has 9 heteroatoms. The van der Waals surface area contributed by atoms with Crippen LogP contribution in [0.1, 0.15) is 5.56 Å². The molecule has 1 N–H and O–H groups in total. The van der Waals surface area contributed by atoms with Crippen molar-refractivity contribution in [1.29, 1.82) is 0 Å². The molecule has 3 aromatic rings. The molecule has 0 radical (unpaired) electrons. The summed E-state index contributed by atoms with van der Waals surface area (Å²) in [4.78, 5) is 25.0. The van der Waals surface area contributed by atoms with E-state index in [1.165, 1.54) is 6.33 Å². The minimum atomic E-state index is -0.495. The summed E-state index contributed by atoms with van der Waals surface area (Å²) in [5.74, 6) is 0.590. The quantitative estimate of drug-likeness (QED) is 0.688. The standard InChI is InChI=1S/C22H22FN5O3/c1-13-5-4-6-15(19(13)23)26-20-14-7-17(18(30-3)8-16(14)24-12-25-20)28-11-22(31-21(28)29)9-27(2)10-22/h4-8,12H,9-11H2,1-3H3,(H,24,25,26). The Balaban J connectivity index is 1.57. The topological polar surface area (TPSA) is 79.8 Å². The summed E-state index contributed by atoms with van der Waals surface area (Å²) >= 11 is 0. The Morgan fingerprint density at radius 2 is 2.03 bits per heavy atom. The van der Waals surface area contributed by atoms with Crippen LogP contribution in [0.4, 0.5) is 26.4 Å². The van der Waals surface area contributed by atoms with E-state index in [4.69, 9.17) is 9.47 Å². The number of aryl methyl sites for hydroxylation is 1. The molecule has 31 heavy (non-hydrogen) atoms. The highest BCUT2D eigenvalue weighted by atomic mass is 19.1. The van der Waals surface area contributed by atoms with Crippen molar-refractivity contribution in [2.45, 2.75) is 12.5 Å². The lowest BCUT2D eigenvalue weighted by atomic mass is 9.95. The van der Waals surface area contributed by atoms with Gasteiger partial charge < -0.3 is 14.8 Å². The Bertz CT molecular complexity index is 1200. The molecule has 2 fully saturated rings. The number of aromatic nitrogens is 2. The zero-order valence-electron chi connectivity index (χ0n) is 17.5. The third-order valence-corrected chi connectivity index (χ3v) is 5.76. The first-order valence-corrected chi connectivity index (χ1v) is 9.93. The van der Waals surface area contributed by atoms with Crippen molar-refractivity contribution in [3.63, 3.8) is 0 Å². The zero-order valence-corrected chi connectivity index (χ0v) is 17.5. The maximum absolute atomic E-state index is 14.5. The number of ether oxygens (including phenoxy) is 2. The van der Waals surface area contributed by atoms with Crippen LogP contribution in [-0.2, 0) is 4.74 Å². The lowest BCUT2D eigenvalue weighted by molar-refractivity contribution is -0.0599. The van der Waals surface area contributed by atoms with E-state index >= 15 is 0 Å². The highest BCUT2D eigenvalue weighted by Crippen LogP contribution is 2.41. The second-order valence-corrected chi connectivity index (χ2v) is 8.13. The molecule has 0 bridgehead atoms. The Morgan fingerprint density at radius 1 is 1.23 bits per heavy atom. The molecule has 8 nitrogen and oxygen atoms in total. The summed E-state index contributed by atoms with van der Waals surface area (Å²) in [6.45, 7) is 3.51. The second kappa shape index (κ2) is 7.05. The number of hydrogen-bond acceptors (Lipinski definition) is 7. The number of anilines is 3. The molecule has 0 atom stereocenters. The number of methoxy groups -OCH3 is 1. The van der Waals surface area contributed by atoms with E-state index in [0.29, 0.717) is 59.0 Å². The fourth-order valence-electron chi connectivity index (χ4n) is 4.33. The fraction of sp³-hybridized carbons (Fsp3) is 0.318. The molecule has 0 aliphatic carbocycles. The van der Waals surface area contributed by atoms with Crippen LogP contribution in [0.3, 0.4) is 0 Å². The van der Waals surface area contributed by atoms with Gasteiger partial charge in [-0.2, -0.15) is 0 Å². The van der Waals surface area contributed by atoms with Gasteiger partial charge in [0.05, 0.1) is 30.5 Å². The molecule has 2 aliphatic rings. The monoisotopic (exact) mass is 423 g/mol. The molecule has 5 rings (SSSR count). The molecule has 0 saturated carbocycles. The predicted octanol–water partition coefficient (Wildman–Crippen LogP) is 3.47. The smallest absolute Gasteiger partial charge is 0.415 e. The first-order valence-electron chi connectivity index (χ1n) is 9.93. The van der Waals surface area contributed by atoms with Crippen molar-refractivity contribution >= 4 is 34.2 Å². The van der Waals surface area contributed by atoms with Crippen molar-refractivity contribution in [2.24, 2.45) is 0 Å². The van der Waals surface area contributed by atoms with Crippen LogP contribution in [0, 0.1) is 12.7 Å². The van der Waals surface area contributed by atoms with Gasteiger partial charge in [-0.15, -0.1) is 0 Å². The largest absolute Gasteiger partial charge is 0.494 e. The molecule has 1 amide bonds. The molecule has 2 saturated heterocycles. The number of nitrogens with zero attached hydrogens (tertiary/aromatic N) is 4. The number of likely N-dealkylation sites (tertiary alicyclic amines) is 1. The lowest BCUT2D eigenvalue weighted by Gasteiger charge is -2.43. The van der Waals surface area contributed by atoms with E-state index in [9.17, 15) is 9.18 Å². The van der Waals surface area contributed by atoms with Gasteiger partial charge in [-0.25, -0.2) is 19.2 Å². The summed E-state index contributed by atoms with van der Waals surface area (Å²) in [6.07, 6.45) is 0.989. The highest BCUT2D eigenvalue weighted by molar-refractivity contribution is 6.00. The third-order valence-electron chi connectivity index (χ3n) is 5.76. The van der Waals surface area contributed by atoms with E-state index in [1.807, 2.05) is 7.05 Å². The van der Waals surface area contributed by atoms with Crippen LogP contribution in [0.2, 0.25) is 0 Å². The van der Waals surface area contributed by atoms with Gasteiger partial charge >= 0.3 is 6.09 Å². The van der Waals surface area contributed by atoms with Crippen LogP contribution in [-0.4, -0.2) is 60.4 Å². The molecule has 2 aromatic carbocycles. The maximum Gasteiger partial charge on any atom is 0.415 e. The highest BCUT2D eigenvalue weighted by Gasteiger charge is 2.53. The SMILES string of the molecule is COc1cc2ncnc(Nc3cccc(C)c3F)c2cc1N1CC2(CN(C)C2)OC1=O. The first kappa shape index (κ1) is 19.5. The summed E-state index contributed by atoms with van der Waals surface area (Å²) < 4.78 is 25.8. The van der Waals surface area contributed by atoms with Gasteiger partial charge in [0.1, 0.15) is 23.7 Å². The van der Waals surface area contributed by atoms with Crippen LogP contribution in [0.25, 0.3) is 10.9 Å². The second-order valence-electron chi connectivity index (χ2n) is 8.13. The Labute approximate surface area is 178 Å².